The maximum Gasteiger partial charge on any atom is 0.328 e. The van der Waals surface area contributed by atoms with Crippen LogP contribution >= 0.6 is 11.8 Å². The Bertz CT molecular complexity index is 880. The number of H-pyrrole nitrogens is 1. The number of thioether (sulfide) groups is 1. The van der Waals surface area contributed by atoms with Crippen LogP contribution in [0, 0.1) is 5.41 Å². The van der Waals surface area contributed by atoms with Crippen LogP contribution in [0.3, 0.4) is 0 Å². The molecule has 2 rings (SSSR count). The van der Waals surface area contributed by atoms with E-state index < -0.39 is 23.0 Å². The summed E-state index contributed by atoms with van der Waals surface area (Å²) in [7, 11) is 0. The Balaban J connectivity index is 2.10. The van der Waals surface area contributed by atoms with Gasteiger partial charge in [-0.1, -0.05) is 0 Å². The average molecular weight is 419 g/mol. The molecule has 0 aliphatic rings. The van der Waals surface area contributed by atoms with E-state index in [1.807, 2.05) is 24.6 Å². The Hall–Kier alpha value is -2.68. The molecule has 1 amide bonds. The van der Waals surface area contributed by atoms with Gasteiger partial charge in [-0.3, -0.25) is 9.59 Å². The van der Waals surface area contributed by atoms with Crippen LogP contribution in [0.4, 0.5) is 0 Å². The summed E-state index contributed by atoms with van der Waals surface area (Å²) in [6.45, 7) is 3.44. The highest BCUT2D eigenvalue weighted by atomic mass is 32.2. The monoisotopic (exact) mass is 418 g/mol. The fourth-order valence-corrected chi connectivity index (χ4v) is 3.48. The first kappa shape index (κ1) is 22.6. The number of ether oxygens (including phenoxy) is 1. The molecule has 2 aromatic rings. The highest BCUT2D eigenvalue weighted by molar-refractivity contribution is 7.99. The van der Waals surface area contributed by atoms with E-state index >= 15 is 0 Å². The van der Waals surface area contributed by atoms with Gasteiger partial charge in [0.05, 0.1) is 17.6 Å². The molecule has 29 heavy (non-hydrogen) atoms. The van der Waals surface area contributed by atoms with Crippen molar-refractivity contribution in [2.45, 2.75) is 50.5 Å². The van der Waals surface area contributed by atoms with Crippen molar-refractivity contribution >= 4 is 46.7 Å². The van der Waals surface area contributed by atoms with Gasteiger partial charge in [-0.2, -0.15) is 11.8 Å². The maximum absolute atomic E-state index is 12.9. The number of esters is 1. The number of nitrogens with zero attached hydrogens (tertiary/aromatic N) is 1. The van der Waals surface area contributed by atoms with Crippen molar-refractivity contribution < 1.29 is 19.1 Å². The van der Waals surface area contributed by atoms with Crippen molar-refractivity contribution in [1.29, 1.82) is 5.41 Å². The van der Waals surface area contributed by atoms with Crippen molar-refractivity contribution in [3.63, 3.8) is 0 Å². The Morgan fingerprint density at radius 3 is 2.79 bits per heavy atom. The van der Waals surface area contributed by atoms with Gasteiger partial charge in [-0.25, -0.2) is 9.78 Å². The van der Waals surface area contributed by atoms with Crippen LogP contribution in [0.1, 0.15) is 32.3 Å². The number of carbonyl (C=O) groups excluding carboxylic acids is 3. The molecule has 0 aliphatic heterocycles. The first-order chi connectivity index (χ1) is 13.8. The summed E-state index contributed by atoms with van der Waals surface area (Å²) in [6, 6.07) is 2.84. The number of fused-ring (bicyclic) bond motifs is 1. The summed E-state index contributed by atoms with van der Waals surface area (Å²) in [5, 5.41) is 10.2. The van der Waals surface area contributed by atoms with Gasteiger partial charge in [-0.15, -0.1) is 0 Å². The topological polar surface area (TPSA) is 125 Å². The minimum Gasteiger partial charge on any atom is -0.461 e. The molecule has 9 heteroatoms. The lowest BCUT2D eigenvalue weighted by molar-refractivity contribution is -0.151. The number of ketones is 1. The second-order valence-corrected chi connectivity index (χ2v) is 7.88. The predicted octanol–water partition coefficient (Wildman–Crippen LogP) is 2.27. The average Bonchev–Trinajstić information content (AvgIpc) is 3.11. The van der Waals surface area contributed by atoms with Gasteiger partial charge >= 0.3 is 5.97 Å². The normalized spacial score (nSPS) is 13.1. The van der Waals surface area contributed by atoms with E-state index in [4.69, 9.17) is 10.1 Å². The Labute approximate surface area is 173 Å². The number of amides is 1. The summed E-state index contributed by atoms with van der Waals surface area (Å²) in [5.74, 6) is -1.29. The number of aromatic nitrogens is 2. The molecule has 3 N–H and O–H groups in total. The lowest BCUT2D eigenvalue weighted by atomic mass is 10.1. The number of pyridine rings is 1. The summed E-state index contributed by atoms with van der Waals surface area (Å²) in [4.78, 5) is 44.0. The summed E-state index contributed by atoms with van der Waals surface area (Å²) in [5.41, 5.74) is 1.72. The van der Waals surface area contributed by atoms with Crippen LogP contribution < -0.4 is 5.32 Å². The summed E-state index contributed by atoms with van der Waals surface area (Å²) in [6.07, 6.45) is 6.27. The first-order valence-corrected chi connectivity index (χ1v) is 10.6. The van der Waals surface area contributed by atoms with Crippen molar-refractivity contribution in [2.24, 2.45) is 0 Å². The number of nitrogens with one attached hydrogen (secondary N) is 3. The van der Waals surface area contributed by atoms with Crippen LogP contribution in [-0.2, 0) is 25.5 Å². The van der Waals surface area contributed by atoms with E-state index in [1.165, 1.54) is 11.8 Å². The zero-order valence-electron chi connectivity index (χ0n) is 16.7. The number of rotatable bonds is 11. The largest absolute Gasteiger partial charge is 0.461 e. The second kappa shape index (κ2) is 10.8. The van der Waals surface area contributed by atoms with E-state index in [1.54, 1.807) is 20.0 Å². The molecule has 2 atom stereocenters. The molecule has 2 aromatic heterocycles. The number of carbonyl (C=O) groups is 3. The molecule has 156 valence electrons. The summed E-state index contributed by atoms with van der Waals surface area (Å²) >= 11 is 1.38. The quantitative estimate of drug-likeness (QED) is 0.380. The molecule has 0 unspecified atom stereocenters. The third-order valence-electron chi connectivity index (χ3n) is 4.31. The van der Waals surface area contributed by atoms with Gasteiger partial charge in [0, 0.05) is 24.2 Å². The van der Waals surface area contributed by atoms with E-state index in [-0.39, 0.29) is 24.9 Å². The zero-order chi connectivity index (χ0) is 21.4. The Morgan fingerprint density at radius 2 is 2.14 bits per heavy atom. The van der Waals surface area contributed by atoms with Crippen LogP contribution in [0.2, 0.25) is 0 Å². The molecule has 0 aromatic carbocycles. The Kier molecular flexibility index (Phi) is 8.38. The number of hydrogen-bond acceptors (Lipinski definition) is 7. The molecule has 8 nitrogen and oxygen atoms in total. The molecule has 0 aliphatic carbocycles. The van der Waals surface area contributed by atoms with Crippen LogP contribution in [0.15, 0.2) is 24.5 Å². The van der Waals surface area contributed by atoms with Crippen molar-refractivity contribution in [3.8, 4) is 0 Å². The highest BCUT2D eigenvalue weighted by Gasteiger charge is 2.28. The third-order valence-corrected chi connectivity index (χ3v) is 5.26. The zero-order valence-corrected chi connectivity index (χ0v) is 17.5. The van der Waals surface area contributed by atoms with Gasteiger partial charge in [0.15, 0.2) is 5.78 Å². The predicted molar refractivity (Wildman–Crippen MR) is 113 cm³/mol. The standard InChI is InChI=1S/C20H26N4O4S/c1-12(2)28-20(27)16(7-6-14(25)10-21)24-19(26)17(29-3)9-13-11-23-18-15(13)5-4-8-22-18/h4-5,8,10-12,16-17,21H,6-7,9H2,1-3H3,(H,22,23)(H,24,26)/t16-,17-/m0/s1. The van der Waals surface area contributed by atoms with E-state index in [9.17, 15) is 14.4 Å². The smallest absolute Gasteiger partial charge is 0.328 e. The van der Waals surface area contributed by atoms with E-state index in [0.717, 1.165) is 16.6 Å². The van der Waals surface area contributed by atoms with Crippen molar-refractivity contribution in [3.05, 3.63) is 30.1 Å². The minimum absolute atomic E-state index is 0.0142. The van der Waals surface area contributed by atoms with Crippen LogP contribution in [0.25, 0.3) is 11.0 Å². The number of Topliss-reactive ketones (excluding diaryl/α,β-unsaturated/α-hetero) is 1. The van der Waals surface area contributed by atoms with Crippen LogP contribution in [0.5, 0.6) is 0 Å². The fourth-order valence-electron chi connectivity index (χ4n) is 2.85. The fraction of sp³-hybridized carbons (Fsp3) is 0.450. The minimum atomic E-state index is -0.937. The lowest BCUT2D eigenvalue weighted by Crippen LogP contribution is -2.46. The molecule has 0 saturated carbocycles. The van der Waals surface area contributed by atoms with Gasteiger partial charge in [0.25, 0.3) is 0 Å². The molecule has 0 spiro atoms. The molecule has 0 radical (unpaired) electrons. The van der Waals surface area contributed by atoms with Gasteiger partial charge in [-0.05, 0) is 50.6 Å². The van der Waals surface area contributed by atoms with E-state index in [2.05, 4.69) is 15.3 Å². The highest BCUT2D eigenvalue weighted by Crippen LogP contribution is 2.21. The van der Waals surface area contributed by atoms with Crippen molar-refractivity contribution in [1.82, 2.24) is 15.3 Å². The SMILES string of the molecule is CS[C@@H](Cc1c[nH]c2ncccc12)C(=O)N[C@@H](CCC(=O)C=N)C(=O)OC(C)C. The first-order valence-electron chi connectivity index (χ1n) is 9.33. The van der Waals surface area contributed by atoms with Crippen LogP contribution in [-0.4, -0.2) is 57.5 Å². The molecule has 0 bridgehead atoms. The van der Waals surface area contributed by atoms with Gasteiger partial charge < -0.3 is 20.4 Å². The number of aromatic amines is 1. The number of hydrogen-bond donors (Lipinski definition) is 3. The summed E-state index contributed by atoms with van der Waals surface area (Å²) < 4.78 is 5.21. The van der Waals surface area contributed by atoms with Crippen molar-refractivity contribution in [2.75, 3.05) is 6.26 Å². The lowest BCUT2D eigenvalue weighted by Gasteiger charge is -2.21. The molecule has 0 fully saturated rings. The molecule has 2 heterocycles. The Morgan fingerprint density at radius 1 is 1.38 bits per heavy atom. The second-order valence-electron chi connectivity index (χ2n) is 6.84. The third kappa shape index (κ3) is 6.42. The molecular formula is C20H26N4O4S. The van der Waals surface area contributed by atoms with E-state index in [0.29, 0.717) is 12.6 Å². The molecule has 0 saturated heterocycles. The maximum atomic E-state index is 12.9. The molecular weight excluding hydrogens is 392 g/mol. The van der Waals surface area contributed by atoms with Gasteiger partial charge in [0.1, 0.15) is 11.7 Å². The van der Waals surface area contributed by atoms with Gasteiger partial charge in [0.2, 0.25) is 5.91 Å².